The summed E-state index contributed by atoms with van der Waals surface area (Å²) in [4.78, 5) is 1.44. The molecule has 0 saturated heterocycles. The van der Waals surface area contributed by atoms with E-state index in [0.29, 0.717) is 0 Å². The van der Waals surface area contributed by atoms with Crippen LogP contribution in [-0.4, -0.2) is 7.11 Å². The summed E-state index contributed by atoms with van der Waals surface area (Å²) >= 11 is 1.82. The second kappa shape index (κ2) is 7.43. The Labute approximate surface area is 124 Å². The number of hydrazine groups is 1. The van der Waals surface area contributed by atoms with Crippen molar-refractivity contribution in [1.82, 2.24) is 5.43 Å². The van der Waals surface area contributed by atoms with Crippen LogP contribution >= 0.6 is 11.3 Å². The van der Waals surface area contributed by atoms with Crippen LogP contribution in [0, 0.1) is 6.92 Å². The van der Waals surface area contributed by atoms with E-state index in [1.54, 1.807) is 7.11 Å². The van der Waals surface area contributed by atoms with Crippen LogP contribution in [0.25, 0.3) is 0 Å². The lowest BCUT2D eigenvalue weighted by Gasteiger charge is -2.19. The third-order valence-corrected chi connectivity index (χ3v) is 4.49. The van der Waals surface area contributed by atoms with E-state index in [0.717, 1.165) is 25.0 Å². The van der Waals surface area contributed by atoms with Crippen molar-refractivity contribution in [3.63, 3.8) is 0 Å². The number of hydrogen-bond acceptors (Lipinski definition) is 4. The van der Waals surface area contributed by atoms with Crippen LogP contribution in [0.5, 0.6) is 5.75 Å². The van der Waals surface area contributed by atoms with Gasteiger partial charge < -0.3 is 4.74 Å². The van der Waals surface area contributed by atoms with E-state index in [9.17, 15) is 0 Å². The molecule has 0 saturated carbocycles. The van der Waals surface area contributed by atoms with E-state index in [1.807, 2.05) is 17.4 Å². The molecule has 2 aromatic rings. The number of hydrogen-bond donors (Lipinski definition) is 2. The summed E-state index contributed by atoms with van der Waals surface area (Å²) in [5.41, 5.74) is 5.40. The molecule has 0 radical (unpaired) electrons. The molecule has 0 aliphatic rings. The lowest BCUT2D eigenvalue weighted by molar-refractivity contribution is 0.413. The molecule has 108 valence electrons. The molecular weight excluding hydrogens is 268 g/mol. The molecule has 0 amide bonds. The second-order valence-electron chi connectivity index (χ2n) is 4.91. The standard InChI is InChI=1S/C16H22N2OS/c1-12-11-13(19-2)8-9-15(12)16(18-17)7-3-5-14-6-4-10-20-14/h4,6,8-11,16,18H,3,5,7,17H2,1-2H3. The van der Waals surface area contributed by atoms with E-state index >= 15 is 0 Å². The highest BCUT2D eigenvalue weighted by Crippen LogP contribution is 2.26. The van der Waals surface area contributed by atoms with E-state index in [-0.39, 0.29) is 6.04 Å². The van der Waals surface area contributed by atoms with Gasteiger partial charge in [-0.2, -0.15) is 0 Å². The predicted molar refractivity (Wildman–Crippen MR) is 85.1 cm³/mol. The molecule has 0 fully saturated rings. The normalized spacial score (nSPS) is 12.3. The molecular formula is C16H22N2OS. The van der Waals surface area contributed by atoms with Crippen molar-refractivity contribution < 1.29 is 4.74 Å². The van der Waals surface area contributed by atoms with Gasteiger partial charge in [0.15, 0.2) is 0 Å². The van der Waals surface area contributed by atoms with Gasteiger partial charge in [-0.05, 0) is 60.9 Å². The van der Waals surface area contributed by atoms with Crippen molar-refractivity contribution in [3.8, 4) is 5.75 Å². The molecule has 4 heteroatoms. The summed E-state index contributed by atoms with van der Waals surface area (Å²) in [7, 11) is 1.69. The van der Waals surface area contributed by atoms with Crippen LogP contribution in [0.4, 0.5) is 0 Å². The smallest absolute Gasteiger partial charge is 0.119 e. The van der Waals surface area contributed by atoms with Crippen molar-refractivity contribution in [1.29, 1.82) is 0 Å². The summed E-state index contributed by atoms with van der Waals surface area (Å²) in [6.07, 6.45) is 3.27. The molecule has 0 aliphatic carbocycles. The van der Waals surface area contributed by atoms with E-state index < -0.39 is 0 Å². The molecule has 0 bridgehead atoms. The fourth-order valence-corrected chi connectivity index (χ4v) is 3.18. The first kappa shape index (κ1) is 15.0. The van der Waals surface area contributed by atoms with E-state index in [2.05, 4.69) is 42.0 Å². The Hall–Kier alpha value is -1.36. The zero-order valence-corrected chi connectivity index (χ0v) is 12.9. The number of rotatable bonds is 7. The van der Waals surface area contributed by atoms with Gasteiger partial charge in [0, 0.05) is 10.9 Å². The lowest BCUT2D eigenvalue weighted by Crippen LogP contribution is -2.28. The fraction of sp³-hybridized carbons (Fsp3) is 0.375. The highest BCUT2D eigenvalue weighted by Gasteiger charge is 2.12. The van der Waals surface area contributed by atoms with Gasteiger partial charge in [0.25, 0.3) is 0 Å². The molecule has 1 heterocycles. The SMILES string of the molecule is COc1ccc(C(CCCc2cccs2)NN)c(C)c1. The maximum atomic E-state index is 5.73. The molecule has 3 N–H and O–H groups in total. The van der Waals surface area contributed by atoms with Crippen molar-refractivity contribution in [2.75, 3.05) is 7.11 Å². The number of aryl methyl sites for hydroxylation is 2. The van der Waals surface area contributed by atoms with Crippen molar-refractivity contribution in [2.45, 2.75) is 32.2 Å². The maximum Gasteiger partial charge on any atom is 0.119 e. The highest BCUT2D eigenvalue weighted by atomic mass is 32.1. The molecule has 0 aliphatic heterocycles. The molecule has 3 nitrogen and oxygen atoms in total. The molecule has 1 aromatic carbocycles. The third kappa shape index (κ3) is 3.82. The summed E-state index contributed by atoms with van der Waals surface area (Å²) in [5, 5.41) is 2.13. The Morgan fingerprint density at radius 1 is 1.35 bits per heavy atom. The van der Waals surface area contributed by atoms with Gasteiger partial charge >= 0.3 is 0 Å². The van der Waals surface area contributed by atoms with Gasteiger partial charge in [-0.25, -0.2) is 0 Å². The summed E-state index contributed by atoms with van der Waals surface area (Å²) < 4.78 is 5.24. The second-order valence-corrected chi connectivity index (χ2v) is 5.95. The van der Waals surface area contributed by atoms with Gasteiger partial charge in [0.2, 0.25) is 0 Å². The number of thiophene rings is 1. The number of nitrogens with two attached hydrogens (primary N) is 1. The minimum atomic E-state index is 0.195. The molecule has 1 aromatic heterocycles. The Kier molecular flexibility index (Phi) is 5.59. The van der Waals surface area contributed by atoms with Gasteiger partial charge in [-0.15, -0.1) is 11.3 Å². The average molecular weight is 290 g/mol. The van der Waals surface area contributed by atoms with Crippen molar-refractivity contribution >= 4 is 11.3 Å². The lowest BCUT2D eigenvalue weighted by atomic mass is 9.97. The third-order valence-electron chi connectivity index (χ3n) is 3.55. The highest BCUT2D eigenvalue weighted by molar-refractivity contribution is 7.09. The fourth-order valence-electron chi connectivity index (χ4n) is 2.43. The van der Waals surface area contributed by atoms with E-state index in [4.69, 9.17) is 10.6 Å². The largest absolute Gasteiger partial charge is 0.497 e. The average Bonchev–Trinajstić information content (AvgIpc) is 2.97. The quantitative estimate of drug-likeness (QED) is 0.605. The molecule has 1 atom stereocenters. The summed E-state index contributed by atoms with van der Waals surface area (Å²) in [5.74, 6) is 6.61. The molecule has 2 rings (SSSR count). The van der Waals surface area contributed by atoms with Crippen LogP contribution in [0.3, 0.4) is 0 Å². The Balaban J connectivity index is 1.97. The van der Waals surface area contributed by atoms with Crippen LogP contribution in [0.1, 0.15) is 34.9 Å². The van der Waals surface area contributed by atoms with Crippen LogP contribution in [0.15, 0.2) is 35.7 Å². The zero-order chi connectivity index (χ0) is 14.4. The van der Waals surface area contributed by atoms with Crippen LogP contribution < -0.4 is 16.0 Å². The Bertz CT molecular complexity index is 525. The topological polar surface area (TPSA) is 47.3 Å². The van der Waals surface area contributed by atoms with Gasteiger partial charge in [-0.3, -0.25) is 11.3 Å². The minimum absolute atomic E-state index is 0.195. The first-order chi connectivity index (χ1) is 9.74. The van der Waals surface area contributed by atoms with Crippen molar-refractivity contribution in [2.24, 2.45) is 5.84 Å². The van der Waals surface area contributed by atoms with Crippen molar-refractivity contribution in [3.05, 3.63) is 51.7 Å². The number of benzene rings is 1. The first-order valence-corrected chi connectivity index (χ1v) is 7.75. The predicted octanol–water partition coefficient (Wildman–Crippen LogP) is 3.59. The Morgan fingerprint density at radius 3 is 2.80 bits per heavy atom. The number of ether oxygens (including phenoxy) is 1. The Morgan fingerprint density at radius 2 is 2.20 bits per heavy atom. The summed E-state index contributed by atoms with van der Waals surface area (Å²) in [6.45, 7) is 2.10. The van der Waals surface area contributed by atoms with Gasteiger partial charge in [-0.1, -0.05) is 12.1 Å². The zero-order valence-electron chi connectivity index (χ0n) is 12.1. The number of nitrogens with one attached hydrogen (secondary N) is 1. The monoisotopic (exact) mass is 290 g/mol. The van der Waals surface area contributed by atoms with Gasteiger partial charge in [0.05, 0.1) is 7.11 Å². The molecule has 20 heavy (non-hydrogen) atoms. The van der Waals surface area contributed by atoms with E-state index in [1.165, 1.54) is 16.0 Å². The maximum absolute atomic E-state index is 5.73. The number of methoxy groups -OCH3 is 1. The first-order valence-electron chi connectivity index (χ1n) is 6.87. The van der Waals surface area contributed by atoms with Gasteiger partial charge in [0.1, 0.15) is 5.75 Å². The van der Waals surface area contributed by atoms with Crippen LogP contribution in [-0.2, 0) is 6.42 Å². The molecule has 0 spiro atoms. The molecule has 1 unspecified atom stereocenters. The summed E-state index contributed by atoms with van der Waals surface area (Å²) in [6, 6.07) is 10.6. The van der Waals surface area contributed by atoms with Crippen LogP contribution in [0.2, 0.25) is 0 Å². The minimum Gasteiger partial charge on any atom is -0.497 e.